The number of furan rings is 1. The zero-order valence-electron chi connectivity index (χ0n) is 11.5. The molecule has 0 saturated heterocycles. The predicted octanol–water partition coefficient (Wildman–Crippen LogP) is 1.35. The zero-order chi connectivity index (χ0) is 17.0. The highest BCUT2D eigenvalue weighted by molar-refractivity contribution is 5.96. The number of primary amides is 1. The van der Waals surface area contributed by atoms with Crippen molar-refractivity contribution in [3.05, 3.63) is 47.2 Å². The summed E-state index contributed by atoms with van der Waals surface area (Å²) in [4.78, 5) is 32.6. The van der Waals surface area contributed by atoms with E-state index >= 15 is 0 Å². The smallest absolute Gasteiger partial charge is 0.335 e. The lowest BCUT2D eigenvalue weighted by atomic mass is 10.0. The Kier molecular flexibility index (Phi) is 4.41. The van der Waals surface area contributed by atoms with E-state index < -0.39 is 18.0 Å². The van der Waals surface area contributed by atoms with Gasteiger partial charge in [-0.25, -0.2) is 19.8 Å². The average molecular weight is 317 g/mol. The molecule has 0 radical (unpaired) electrons. The standard InChI is InChI=1S/C14H11N3O6/c15-14(22)17-16-6-10-1-2-11(23-10)7-3-8(12(18)19)5-9(4-7)13(20)21/h1-6H,(H,18,19)(H,20,21)(H3,15,17,22)/b16-6-. The van der Waals surface area contributed by atoms with E-state index in [0.29, 0.717) is 0 Å². The van der Waals surface area contributed by atoms with E-state index in [1.54, 1.807) is 0 Å². The summed E-state index contributed by atoms with van der Waals surface area (Å²) in [6.07, 6.45) is 1.19. The van der Waals surface area contributed by atoms with E-state index in [-0.39, 0.29) is 28.2 Å². The SMILES string of the molecule is NC(=O)N/N=C\c1ccc(-c2cc(C(=O)O)cc(C(=O)O)c2)o1. The Bertz CT molecular complexity index is 776. The molecule has 1 aromatic heterocycles. The van der Waals surface area contributed by atoms with Gasteiger partial charge in [0.25, 0.3) is 0 Å². The minimum atomic E-state index is -1.26. The van der Waals surface area contributed by atoms with E-state index in [1.807, 2.05) is 5.43 Å². The lowest BCUT2D eigenvalue weighted by Gasteiger charge is -2.03. The zero-order valence-corrected chi connectivity index (χ0v) is 11.5. The highest BCUT2D eigenvalue weighted by Gasteiger charge is 2.14. The minimum Gasteiger partial charge on any atom is -0.478 e. The van der Waals surface area contributed by atoms with Crippen LogP contribution in [0.2, 0.25) is 0 Å². The molecule has 0 bridgehead atoms. The van der Waals surface area contributed by atoms with E-state index in [9.17, 15) is 14.4 Å². The monoisotopic (exact) mass is 317 g/mol. The Hall–Kier alpha value is -3.62. The van der Waals surface area contributed by atoms with Crippen molar-refractivity contribution >= 4 is 24.2 Å². The molecule has 9 nitrogen and oxygen atoms in total. The molecule has 0 aliphatic rings. The summed E-state index contributed by atoms with van der Waals surface area (Å²) in [6.45, 7) is 0. The molecule has 1 aromatic carbocycles. The van der Waals surface area contributed by atoms with Crippen molar-refractivity contribution in [3.8, 4) is 11.3 Å². The lowest BCUT2D eigenvalue weighted by Crippen LogP contribution is -2.24. The van der Waals surface area contributed by atoms with Crippen molar-refractivity contribution in [1.29, 1.82) is 0 Å². The number of hydrogen-bond acceptors (Lipinski definition) is 5. The second-order valence-corrected chi connectivity index (χ2v) is 4.35. The molecule has 9 heteroatoms. The van der Waals surface area contributed by atoms with E-state index in [1.165, 1.54) is 30.5 Å². The topological polar surface area (TPSA) is 155 Å². The third-order valence-electron chi connectivity index (χ3n) is 2.70. The van der Waals surface area contributed by atoms with Crippen LogP contribution in [-0.2, 0) is 0 Å². The second kappa shape index (κ2) is 6.43. The molecule has 23 heavy (non-hydrogen) atoms. The first-order valence-electron chi connectivity index (χ1n) is 6.17. The third-order valence-corrected chi connectivity index (χ3v) is 2.70. The van der Waals surface area contributed by atoms with Gasteiger partial charge < -0.3 is 20.4 Å². The molecule has 0 saturated carbocycles. The number of carbonyl (C=O) groups excluding carboxylic acids is 1. The number of amides is 2. The summed E-state index contributed by atoms with van der Waals surface area (Å²) in [5, 5.41) is 21.6. The maximum absolute atomic E-state index is 11.1. The summed E-state index contributed by atoms with van der Waals surface area (Å²) in [7, 11) is 0. The number of carboxylic acid groups (broad SMARTS) is 2. The number of benzene rings is 1. The number of urea groups is 1. The van der Waals surface area contributed by atoms with Crippen molar-refractivity contribution < 1.29 is 29.0 Å². The van der Waals surface area contributed by atoms with E-state index in [4.69, 9.17) is 20.4 Å². The van der Waals surface area contributed by atoms with Crippen LogP contribution in [0.25, 0.3) is 11.3 Å². The molecule has 5 N–H and O–H groups in total. The van der Waals surface area contributed by atoms with Crippen LogP contribution in [0, 0.1) is 0 Å². The first-order valence-corrected chi connectivity index (χ1v) is 6.17. The lowest BCUT2D eigenvalue weighted by molar-refractivity contribution is 0.0696. The first kappa shape index (κ1) is 15.8. The van der Waals surface area contributed by atoms with Gasteiger partial charge in [-0.2, -0.15) is 5.10 Å². The summed E-state index contributed by atoms with van der Waals surface area (Å²) >= 11 is 0. The van der Waals surface area contributed by atoms with Crippen LogP contribution in [0.15, 0.2) is 39.9 Å². The molecule has 1 heterocycles. The summed E-state index contributed by atoms with van der Waals surface area (Å²) in [5.74, 6) is -2.01. The van der Waals surface area contributed by atoms with Gasteiger partial charge in [-0.1, -0.05) is 0 Å². The summed E-state index contributed by atoms with van der Waals surface area (Å²) in [5.41, 5.74) is 6.75. The number of nitrogens with two attached hydrogens (primary N) is 1. The van der Waals surface area contributed by atoms with E-state index in [0.717, 1.165) is 6.07 Å². The molecule has 2 aromatic rings. The molecular formula is C14H11N3O6. The van der Waals surface area contributed by atoms with Gasteiger partial charge in [0.05, 0.1) is 17.3 Å². The van der Waals surface area contributed by atoms with Crippen molar-refractivity contribution in [2.45, 2.75) is 0 Å². The molecule has 0 aliphatic carbocycles. The summed E-state index contributed by atoms with van der Waals surface area (Å²) < 4.78 is 5.39. The van der Waals surface area contributed by atoms with Crippen molar-refractivity contribution in [2.75, 3.05) is 0 Å². The molecular weight excluding hydrogens is 306 g/mol. The normalized spacial score (nSPS) is 10.6. The molecule has 2 rings (SSSR count). The van der Waals surface area contributed by atoms with Gasteiger partial charge >= 0.3 is 18.0 Å². The van der Waals surface area contributed by atoms with E-state index in [2.05, 4.69) is 5.10 Å². The molecule has 118 valence electrons. The maximum atomic E-state index is 11.1. The molecule has 0 aliphatic heterocycles. The number of nitrogens with one attached hydrogen (secondary N) is 1. The number of carbonyl (C=O) groups is 3. The van der Waals surface area contributed by atoms with Crippen molar-refractivity contribution in [2.24, 2.45) is 10.8 Å². The predicted molar refractivity (Wildman–Crippen MR) is 78.4 cm³/mol. The highest BCUT2D eigenvalue weighted by atomic mass is 16.4. The fraction of sp³-hybridized carbons (Fsp3) is 0. The first-order chi connectivity index (χ1) is 10.9. The van der Waals surface area contributed by atoms with Crippen LogP contribution in [0.4, 0.5) is 4.79 Å². The van der Waals surface area contributed by atoms with Gasteiger partial charge in [0.1, 0.15) is 11.5 Å². The quantitative estimate of drug-likeness (QED) is 0.481. The van der Waals surface area contributed by atoms with Crippen LogP contribution in [0.5, 0.6) is 0 Å². The molecule has 0 fully saturated rings. The number of hydrogen-bond donors (Lipinski definition) is 4. The second-order valence-electron chi connectivity index (χ2n) is 4.35. The van der Waals surface area contributed by atoms with Crippen molar-refractivity contribution in [1.82, 2.24) is 5.43 Å². The number of carboxylic acids is 2. The number of nitrogens with zero attached hydrogens (tertiary/aromatic N) is 1. The van der Waals surface area contributed by atoms with Crippen molar-refractivity contribution in [3.63, 3.8) is 0 Å². The van der Waals surface area contributed by atoms with Gasteiger partial charge in [0.15, 0.2) is 0 Å². The number of hydrazone groups is 1. The van der Waals surface area contributed by atoms with Gasteiger partial charge in [-0.3, -0.25) is 0 Å². The maximum Gasteiger partial charge on any atom is 0.335 e. The van der Waals surface area contributed by atoms with Gasteiger partial charge in [0.2, 0.25) is 0 Å². The Balaban J connectivity index is 2.36. The molecule has 0 unspecified atom stereocenters. The largest absolute Gasteiger partial charge is 0.478 e. The molecule has 2 amide bonds. The fourth-order valence-corrected chi connectivity index (χ4v) is 1.75. The number of aromatic carboxylic acids is 2. The van der Waals surface area contributed by atoms with Gasteiger partial charge in [0, 0.05) is 5.56 Å². The Morgan fingerprint density at radius 3 is 2.22 bits per heavy atom. The van der Waals surface area contributed by atoms with Crippen LogP contribution in [0.3, 0.4) is 0 Å². The summed E-state index contributed by atoms with van der Waals surface area (Å²) in [6, 6.07) is 5.81. The van der Waals surface area contributed by atoms with Gasteiger partial charge in [-0.05, 0) is 30.3 Å². The van der Waals surface area contributed by atoms with Crippen LogP contribution in [-0.4, -0.2) is 34.4 Å². The third kappa shape index (κ3) is 3.94. The minimum absolute atomic E-state index is 0.179. The molecule has 0 atom stereocenters. The molecule has 0 spiro atoms. The van der Waals surface area contributed by atoms with Crippen LogP contribution in [0.1, 0.15) is 26.5 Å². The van der Waals surface area contributed by atoms with Crippen LogP contribution >= 0.6 is 0 Å². The average Bonchev–Trinajstić information content (AvgIpc) is 2.95. The Labute approximate surface area is 129 Å². The Morgan fingerprint density at radius 1 is 1.09 bits per heavy atom. The Morgan fingerprint density at radius 2 is 1.70 bits per heavy atom. The van der Waals surface area contributed by atoms with Gasteiger partial charge in [-0.15, -0.1) is 0 Å². The highest BCUT2D eigenvalue weighted by Crippen LogP contribution is 2.24. The number of rotatable bonds is 5. The fourth-order valence-electron chi connectivity index (χ4n) is 1.75. The van der Waals surface area contributed by atoms with Crippen LogP contribution < -0.4 is 11.2 Å².